The predicted molar refractivity (Wildman–Crippen MR) is 167 cm³/mol. The molecule has 0 aromatic heterocycles. The molecule has 0 fully saturated rings. The predicted octanol–water partition coefficient (Wildman–Crippen LogP) is 9.73. The quantitative estimate of drug-likeness (QED) is 0.285. The van der Waals surface area contributed by atoms with Crippen molar-refractivity contribution in [1.29, 1.82) is 5.26 Å². The molecule has 0 spiro atoms. The Hall–Kier alpha value is -4.68. The number of aliphatic imine (C=N–C) groups is 1. The van der Waals surface area contributed by atoms with Gasteiger partial charge in [0, 0.05) is 11.4 Å². The van der Waals surface area contributed by atoms with E-state index in [2.05, 4.69) is 128 Å². The Morgan fingerprint density at radius 1 is 0.675 bits per heavy atom. The van der Waals surface area contributed by atoms with Gasteiger partial charge in [-0.1, -0.05) is 83.9 Å². The largest absolute Gasteiger partial charge is 0.359 e. The van der Waals surface area contributed by atoms with Crippen molar-refractivity contribution in [2.24, 2.45) is 10.9 Å². The number of anilines is 1. The smallest absolute Gasteiger partial charge is 0.101 e. The van der Waals surface area contributed by atoms with E-state index in [0.717, 1.165) is 59.6 Å². The molecule has 0 radical (unpaired) electrons. The van der Waals surface area contributed by atoms with Crippen LogP contribution in [0.1, 0.15) is 36.8 Å². The molecule has 4 aromatic rings. The van der Waals surface area contributed by atoms with Gasteiger partial charge >= 0.3 is 0 Å². The van der Waals surface area contributed by atoms with E-state index in [1.54, 1.807) is 0 Å². The maximum Gasteiger partial charge on any atom is 0.101 e. The molecular formula is C37H33N3. The minimum atomic E-state index is 0.423. The van der Waals surface area contributed by atoms with Crippen molar-refractivity contribution in [2.45, 2.75) is 39.5 Å². The summed E-state index contributed by atoms with van der Waals surface area (Å²) < 4.78 is 0. The molecule has 3 nitrogen and oxygen atoms in total. The molecule has 1 unspecified atom stereocenters. The minimum absolute atomic E-state index is 0.423. The number of nitrogens with zero attached hydrogens (tertiary/aromatic N) is 2. The van der Waals surface area contributed by atoms with Gasteiger partial charge in [-0.15, -0.1) is 0 Å². The number of benzene rings is 4. The highest BCUT2D eigenvalue weighted by atomic mass is 14.9. The number of nitriles is 1. The number of aryl methyl sites for hydroxylation is 2. The van der Waals surface area contributed by atoms with E-state index in [1.807, 2.05) is 0 Å². The Morgan fingerprint density at radius 3 is 1.73 bits per heavy atom. The highest BCUT2D eigenvalue weighted by Gasteiger charge is 2.29. The summed E-state index contributed by atoms with van der Waals surface area (Å²) in [7, 11) is 0. The summed E-state index contributed by atoms with van der Waals surface area (Å²) in [6.45, 7) is 4.21. The van der Waals surface area contributed by atoms with Crippen molar-refractivity contribution in [2.75, 3.05) is 5.32 Å². The average Bonchev–Trinajstić information content (AvgIpc) is 2.99. The molecule has 0 saturated heterocycles. The van der Waals surface area contributed by atoms with Crippen molar-refractivity contribution < 1.29 is 0 Å². The van der Waals surface area contributed by atoms with Crippen LogP contribution >= 0.6 is 0 Å². The van der Waals surface area contributed by atoms with Crippen LogP contribution in [0.5, 0.6) is 0 Å². The van der Waals surface area contributed by atoms with Crippen LogP contribution in [0.15, 0.2) is 125 Å². The lowest BCUT2D eigenvalue weighted by Crippen LogP contribution is -2.22. The molecule has 0 aliphatic heterocycles. The second-order valence-corrected chi connectivity index (χ2v) is 10.9. The maximum absolute atomic E-state index is 10.2. The Balaban J connectivity index is 1.22. The van der Waals surface area contributed by atoms with Gasteiger partial charge < -0.3 is 5.32 Å². The first-order valence-corrected chi connectivity index (χ1v) is 14.1. The first-order chi connectivity index (χ1) is 19.6. The van der Waals surface area contributed by atoms with E-state index in [1.165, 1.54) is 33.4 Å². The van der Waals surface area contributed by atoms with Crippen LogP contribution in [-0.2, 0) is 0 Å². The number of allylic oxidation sites excluding steroid dienone is 4. The van der Waals surface area contributed by atoms with Crippen LogP contribution in [0.25, 0.3) is 22.3 Å². The van der Waals surface area contributed by atoms with Crippen molar-refractivity contribution in [3.63, 3.8) is 0 Å². The molecule has 2 aliphatic carbocycles. The van der Waals surface area contributed by atoms with Crippen LogP contribution in [0.4, 0.5) is 11.4 Å². The summed E-state index contributed by atoms with van der Waals surface area (Å²) in [4.78, 5) is 4.95. The fraction of sp³-hybridized carbons (Fsp3) is 0.189. The van der Waals surface area contributed by atoms with E-state index in [9.17, 15) is 5.26 Å². The Kier molecular flexibility index (Phi) is 7.17. The molecular weight excluding hydrogens is 486 g/mol. The van der Waals surface area contributed by atoms with E-state index in [0.29, 0.717) is 5.92 Å². The van der Waals surface area contributed by atoms with Gasteiger partial charge in [-0.25, -0.2) is 0 Å². The second-order valence-electron chi connectivity index (χ2n) is 10.9. The summed E-state index contributed by atoms with van der Waals surface area (Å²) in [5.41, 5.74) is 13.2. The van der Waals surface area contributed by atoms with Crippen LogP contribution in [0.2, 0.25) is 0 Å². The molecule has 0 heterocycles. The second kappa shape index (κ2) is 11.2. The third-order valence-corrected chi connectivity index (χ3v) is 8.04. The molecule has 40 heavy (non-hydrogen) atoms. The first kappa shape index (κ1) is 25.6. The molecule has 3 heteroatoms. The molecule has 1 atom stereocenters. The number of rotatable bonds is 5. The highest BCUT2D eigenvalue weighted by Crippen LogP contribution is 2.39. The summed E-state index contributed by atoms with van der Waals surface area (Å²) in [5.74, 6) is 0.423. The number of nitrogens with one attached hydrogen (secondary N) is 1. The van der Waals surface area contributed by atoms with Crippen molar-refractivity contribution in [1.82, 2.24) is 0 Å². The van der Waals surface area contributed by atoms with Gasteiger partial charge in [-0.05, 0) is 104 Å². The van der Waals surface area contributed by atoms with Gasteiger partial charge in [0.15, 0.2) is 0 Å². The van der Waals surface area contributed by atoms with Crippen LogP contribution in [0, 0.1) is 31.1 Å². The van der Waals surface area contributed by atoms with Crippen molar-refractivity contribution >= 4 is 17.1 Å². The molecule has 0 saturated carbocycles. The highest BCUT2D eigenvalue weighted by molar-refractivity contribution is 6.06. The van der Waals surface area contributed by atoms with Crippen molar-refractivity contribution in [3.8, 4) is 28.3 Å². The van der Waals surface area contributed by atoms with Gasteiger partial charge in [-0.2, -0.15) is 5.26 Å². The SMILES string of the molecule is Cc1ccc(-c2ccc(/N=C3\CCC4CCC(Nc5ccc(-c6ccc(C)cc6)cc5)=CC4=C3C#N)cc2)cc1. The molecule has 6 rings (SSSR count). The van der Waals surface area contributed by atoms with Gasteiger partial charge in [0.05, 0.1) is 17.0 Å². The normalized spacial score (nSPS) is 17.7. The van der Waals surface area contributed by atoms with Crippen LogP contribution in [0.3, 0.4) is 0 Å². The molecule has 196 valence electrons. The maximum atomic E-state index is 10.2. The number of fused-ring (bicyclic) bond motifs is 1. The average molecular weight is 520 g/mol. The Morgan fingerprint density at radius 2 is 1.18 bits per heavy atom. The van der Waals surface area contributed by atoms with E-state index < -0.39 is 0 Å². The minimum Gasteiger partial charge on any atom is -0.359 e. The van der Waals surface area contributed by atoms with E-state index >= 15 is 0 Å². The van der Waals surface area contributed by atoms with Crippen molar-refractivity contribution in [3.05, 3.63) is 131 Å². The molecule has 2 aliphatic rings. The van der Waals surface area contributed by atoms with E-state index in [-0.39, 0.29) is 0 Å². The summed E-state index contributed by atoms with van der Waals surface area (Å²) in [6, 6.07) is 36.6. The van der Waals surface area contributed by atoms with E-state index in [4.69, 9.17) is 4.99 Å². The lowest BCUT2D eigenvalue weighted by molar-refractivity contribution is 0.512. The fourth-order valence-corrected chi connectivity index (χ4v) is 5.69. The lowest BCUT2D eigenvalue weighted by Gasteiger charge is -2.30. The monoisotopic (exact) mass is 519 g/mol. The molecule has 4 aromatic carbocycles. The molecule has 0 amide bonds. The summed E-state index contributed by atoms with van der Waals surface area (Å²) in [6.07, 6.45) is 6.12. The number of hydrogen-bond donors (Lipinski definition) is 1. The summed E-state index contributed by atoms with van der Waals surface area (Å²) in [5, 5.41) is 13.8. The summed E-state index contributed by atoms with van der Waals surface area (Å²) >= 11 is 0. The van der Waals surface area contributed by atoms with Gasteiger partial charge in [-0.3, -0.25) is 4.99 Å². The zero-order chi connectivity index (χ0) is 27.5. The standard InChI is InChI=1S/C37H33N3/c1-25-3-7-27(8-4-25)29-11-17-32(18-12-29)39-34-21-15-31-16-22-37(36(24-38)35(31)23-34)40-33-19-13-30(14-20-33)28-9-5-26(2)6-10-28/h3-14,17-20,23,31,39H,15-16,21-22H2,1-2H3/b40-37+. The first-order valence-electron chi connectivity index (χ1n) is 14.1. The zero-order valence-electron chi connectivity index (χ0n) is 23.1. The Bertz CT molecular complexity index is 1640. The zero-order valence-corrected chi connectivity index (χ0v) is 23.1. The van der Waals surface area contributed by atoms with Crippen LogP contribution in [-0.4, -0.2) is 5.71 Å². The topological polar surface area (TPSA) is 48.2 Å². The fourth-order valence-electron chi connectivity index (χ4n) is 5.69. The van der Waals surface area contributed by atoms with Crippen LogP contribution < -0.4 is 5.32 Å². The molecule has 1 N–H and O–H groups in total. The molecule has 0 bridgehead atoms. The third kappa shape index (κ3) is 5.53. The number of hydrogen-bond acceptors (Lipinski definition) is 3. The van der Waals surface area contributed by atoms with Gasteiger partial charge in [0.25, 0.3) is 0 Å². The Labute approximate surface area is 237 Å². The lowest BCUT2D eigenvalue weighted by atomic mass is 9.76. The third-order valence-electron chi connectivity index (χ3n) is 8.04. The van der Waals surface area contributed by atoms with Gasteiger partial charge in [0.2, 0.25) is 0 Å². The van der Waals surface area contributed by atoms with Gasteiger partial charge in [0.1, 0.15) is 6.07 Å².